The molecule has 0 amide bonds. The Hall–Kier alpha value is -2.18. The first-order chi connectivity index (χ1) is 14.3. The largest absolute Gasteiger partial charge is 0.420 e. The van der Waals surface area contributed by atoms with Crippen LogP contribution in [0.5, 0.6) is 0 Å². The minimum absolute atomic E-state index is 0.0957. The average Bonchev–Trinajstić information content (AvgIpc) is 3.30. The summed E-state index contributed by atoms with van der Waals surface area (Å²) in [5, 5.41) is 9.20. The second-order valence-electron chi connectivity index (χ2n) is 6.96. The third-order valence-corrected chi connectivity index (χ3v) is 6.60. The molecule has 12 heteroatoms. The number of hydrogen-bond acceptors (Lipinski definition) is 8. The molecule has 4 heterocycles. The maximum Gasteiger partial charge on any atom is 0.420 e. The number of nitrogens with zero attached hydrogens (tertiary/aromatic N) is 6. The summed E-state index contributed by atoms with van der Waals surface area (Å²) in [4.78, 5) is 12.6. The summed E-state index contributed by atoms with van der Waals surface area (Å²) in [5.74, 6) is 0.208. The summed E-state index contributed by atoms with van der Waals surface area (Å²) < 4.78 is 44.3. The van der Waals surface area contributed by atoms with E-state index in [-0.39, 0.29) is 17.7 Å². The van der Waals surface area contributed by atoms with Gasteiger partial charge in [0.2, 0.25) is 5.95 Å². The van der Waals surface area contributed by atoms with Crippen molar-refractivity contribution in [1.82, 2.24) is 29.0 Å². The molecule has 0 unspecified atom stereocenters. The summed E-state index contributed by atoms with van der Waals surface area (Å²) in [7, 11) is 1.88. The Balaban J connectivity index is 1.44. The molecule has 7 nitrogen and oxygen atoms in total. The second-order valence-corrected chi connectivity index (χ2v) is 9.32. The van der Waals surface area contributed by atoms with Crippen LogP contribution >= 0.6 is 23.3 Å². The van der Waals surface area contributed by atoms with Crippen LogP contribution < -0.4 is 5.32 Å². The van der Waals surface area contributed by atoms with Crippen molar-refractivity contribution >= 4 is 29.2 Å². The van der Waals surface area contributed by atoms with E-state index in [1.165, 1.54) is 17.5 Å². The third kappa shape index (κ3) is 4.93. The van der Waals surface area contributed by atoms with E-state index < -0.39 is 11.7 Å². The molecule has 3 aromatic rings. The number of thiazole rings is 1. The van der Waals surface area contributed by atoms with E-state index in [0.29, 0.717) is 9.88 Å². The van der Waals surface area contributed by atoms with Crippen LogP contribution in [-0.4, -0.2) is 48.2 Å². The maximum absolute atomic E-state index is 13.4. The van der Waals surface area contributed by atoms with Crippen LogP contribution in [0.3, 0.4) is 0 Å². The van der Waals surface area contributed by atoms with E-state index in [0.717, 1.165) is 37.2 Å². The average molecular weight is 456 g/mol. The molecule has 4 rings (SSSR count). The number of halogens is 3. The van der Waals surface area contributed by atoms with Gasteiger partial charge < -0.3 is 5.32 Å². The smallest absolute Gasteiger partial charge is 0.351 e. The number of rotatable bonds is 5. The fourth-order valence-corrected chi connectivity index (χ4v) is 4.89. The summed E-state index contributed by atoms with van der Waals surface area (Å²) in [6, 6.07) is 2.06. The van der Waals surface area contributed by atoms with E-state index >= 15 is 0 Å². The zero-order valence-corrected chi connectivity index (χ0v) is 18.0. The fourth-order valence-electron chi connectivity index (χ4n) is 3.17. The predicted molar refractivity (Wildman–Crippen MR) is 110 cm³/mol. The second kappa shape index (κ2) is 8.52. The first-order valence-corrected chi connectivity index (χ1v) is 10.9. The Kier molecular flexibility index (Phi) is 5.98. The van der Waals surface area contributed by atoms with Gasteiger partial charge in [0.15, 0.2) is 0 Å². The summed E-state index contributed by atoms with van der Waals surface area (Å²) in [5.41, 5.74) is -0.980. The molecular formula is C18H20F3N7S2. The van der Waals surface area contributed by atoms with Crippen molar-refractivity contribution in [3.8, 4) is 10.6 Å². The van der Waals surface area contributed by atoms with Crippen molar-refractivity contribution < 1.29 is 13.2 Å². The van der Waals surface area contributed by atoms with Crippen LogP contribution in [0.2, 0.25) is 0 Å². The molecule has 0 atom stereocenters. The van der Waals surface area contributed by atoms with Crippen LogP contribution in [0, 0.1) is 6.92 Å². The molecule has 1 aliphatic rings. The van der Waals surface area contributed by atoms with Crippen molar-refractivity contribution in [3.05, 3.63) is 35.2 Å². The SMILES string of the molecule is Cc1ncc(-c2nc(NC3CCN(Sc4ccn(C)n4)CC3)ncc2C(F)(F)F)s1. The number of aryl methyl sites for hydroxylation is 2. The summed E-state index contributed by atoms with van der Waals surface area (Å²) >= 11 is 2.79. The van der Waals surface area contributed by atoms with E-state index in [1.807, 2.05) is 19.3 Å². The van der Waals surface area contributed by atoms with Gasteiger partial charge >= 0.3 is 6.18 Å². The molecule has 0 spiro atoms. The number of hydrogen-bond donors (Lipinski definition) is 1. The highest BCUT2D eigenvalue weighted by Crippen LogP contribution is 2.38. The zero-order chi connectivity index (χ0) is 21.3. The minimum Gasteiger partial charge on any atom is -0.351 e. The predicted octanol–water partition coefficient (Wildman–Crippen LogP) is 4.24. The molecule has 0 aromatic carbocycles. The number of aromatic nitrogens is 5. The maximum atomic E-state index is 13.4. The van der Waals surface area contributed by atoms with Crippen molar-refractivity contribution in [1.29, 1.82) is 0 Å². The standard InChI is InChI=1S/C18H20F3N7S2/c1-11-22-10-14(29-11)16-13(18(19,20)21)9-23-17(25-16)24-12-3-7-28(8-4-12)30-15-5-6-27(2)26-15/h5-6,9-10,12H,3-4,7-8H2,1-2H3,(H,23,24,25). The Morgan fingerprint density at radius 1 is 1.20 bits per heavy atom. The van der Waals surface area contributed by atoms with Crippen molar-refractivity contribution in [3.63, 3.8) is 0 Å². The van der Waals surface area contributed by atoms with Crippen molar-refractivity contribution in [2.45, 2.75) is 37.0 Å². The van der Waals surface area contributed by atoms with Gasteiger partial charge in [0.1, 0.15) is 10.6 Å². The van der Waals surface area contributed by atoms with Crippen LogP contribution in [0.15, 0.2) is 29.7 Å². The van der Waals surface area contributed by atoms with E-state index in [9.17, 15) is 13.2 Å². The number of piperidine rings is 1. The lowest BCUT2D eigenvalue weighted by Gasteiger charge is -2.30. The van der Waals surface area contributed by atoms with Gasteiger partial charge in [0.25, 0.3) is 0 Å². The first kappa shape index (κ1) is 21.1. The van der Waals surface area contributed by atoms with E-state index in [4.69, 9.17) is 0 Å². The van der Waals surface area contributed by atoms with Gasteiger partial charge in [-0.25, -0.2) is 19.3 Å². The monoisotopic (exact) mass is 455 g/mol. The number of nitrogens with one attached hydrogen (secondary N) is 1. The van der Waals surface area contributed by atoms with Crippen LogP contribution in [0.4, 0.5) is 19.1 Å². The lowest BCUT2D eigenvalue weighted by Crippen LogP contribution is -2.36. The number of anilines is 1. The van der Waals surface area contributed by atoms with Gasteiger partial charge in [-0.3, -0.25) is 4.68 Å². The van der Waals surface area contributed by atoms with Gasteiger partial charge in [0, 0.05) is 44.8 Å². The molecule has 3 aromatic heterocycles. The fraction of sp³-hybridized carbons (Fsp3) is 0.444. The van der Waals surface area contributed by atoms with Crippen molar-refractivity contribution in [2.75, 3.05) is 18.4 Å². The van der Waals surface area contributed by atoms with Gasteiger partial charge in [-0.1, -0.05) is 0 Å². The third-order valence-electron chi connectivity index (χ3n) is 4.65. The van der Waals surface area contributed by atoms with Crippen LogP contribution in [0.1, 0.15) is 23.4 Å². The van der Waals surface area contributed by atoms with Gasteiger partial charge in [0.05, 0.1) is 15.6 Å². The van der Waals surface area contributed by atoms with Gasteiger partial charge in [-0.2, -0.15) is 18.3 Å². The summed E-state index contributed by atoms with van der Waals surface area (Å²) in [6.45, 7) is 3.42. The Morgan fingerprint density at radius 3 is 2.57 bits per heavy atom. The Bertz CT molecular complexity index is 1010. The van der Waals surface area contributed by atoms with Crippen molar-refractivity contribution in [2.24, 2.45) is 7.05 Å². The summed E-state index contributed by atoms with van der Waals surface area (Å²) in [6.07, 6.45) is 1.32. The molecule has 0 aliphatic carbocycles. The Labute approximate surface area is 179 Å². The molecule has 0 radical (unpaired) electrons. The normalized spacial score (nSPS) is 16.2. The first-order valence-electron chi connectivity index (χ1n) is 9.34. The van der Waals surface area contributed by atoms with E-state index in [2.05, 4.69) is 29.7 Å². The molecule has 160 valence electrons. The van der Waals surface area contributed by atoms with Crippen LogP contribution in [-0.2, 0) is 13.2 Å². The minimum atomic E-state index is -4.53. The van der Waals surface area contributed by atoms with E-state index in [1.54, 1.807) is 23.6 Å². The quantitative estimate of drug-likeness (QED) is 0.577. The Morgan fingerprint density at radius 2 is 1.97 bits per heavy atom. The molecule has 0 bridgehead atoms. The zero-order valence-electron chi connectivity index (χ0n) is 16.3. The number of alkyl halides is 3. The molecule has 1 saturated heterocycles. The lowest BCUT2D eigenvalue weighted by molar-refractivity contribution is -0.137. The highest BCUT2D eigenvalue weighted by Gasteiger charge is 2.36. The van der Waals surface area contributed by atoms with Gasteiger partial charge in [-0.05, 0) is 37.8 Å². The molecule has 1 fully saturated rings. The molecular weight excluding hydrogens is 435 g/mol. The molecule has 1 aliphatic heterocycles. The lowest BCUT2D eigenvalue weighted by atomic mass is 10.1. The van der Waals surface area contributed by atoms with Gasteiger partial charge in [-0.15, -0.1) is 11.3 Å². The highest BCUT2D eigenvalue weighted by atomic mass is 32.2. The topological polar surface area (TPSA) is 71.8 Å². The van der Waals surface area contributed by atoms with Crippen LogP contribution in [0.25, 0.3) is 10.6 Å². The molecule has 30 heavy (non-hydrogen) atoms. The molecule has 1 N–H and O–H groups in total. The molecule has 0 saturated carbocycles. The highest BCUT2D eigenvalue weighted by molar-refractivity contribution is 7.97.